The first-order valence-electron chi connectivity index (χ1n) is 8.16. The molecule has 0 saturated carbocycles. The van der Waals surface area contributed by atoms with Gasteiger partial charge in [-0.2, -0.15) is 0 Å². The number of nitrogens with one attached hydrogen (secondary N) is 3. The van der Waals surface area contributed by atoms with E-state index in [1.54, 1.807) is 6.07 Å². The Morgan fingerprint density at radius 2 is 1.90 bits per heavy atom. The lowest BCUT2D eigenvalue weighted by Gasteiger charge is -2.09. The topological polar surface area (TPSA) is 104 Å². The minimum atomic E-state index is -3.49. The maximum Gasteiger partial charge on any atom is 0.257 e. The Morgan fingerprint density at radius 3 is 2.59 bits per heavy atom. The molecule has 0 unspecified atom stereocenters. The molecule has 29 heavy (non-hydrogen) atoms. The first-order valence-corrected chi connectivity index (χ1v) is 10.8. The molecule has 152 valence electrons. The van der Waals surface area contributed by atoms with Gasteiger partial charge >= 0.3 is 0 Å². The normalized spacial score (nSPS) is 11.3. The quantitative estimate of drug-likeness (QED) is 0.519. The molecule has 1 aromatic carbocycles. The van der Waals surface area contributed by atoms with Crippen LogP contribution in [-0.2, 0) is 16.4 Å². The molecule has 2 heterocycles. The van der Waals surface area contributed by atoms with E-state index >= 15 is 0 Å². The molecule has 3 rings (SSSR count). The van der Waals surface area contributed by atoms with Gasteiger partial charge in [-0.3, -0.25) is 14.5 Å². The summed E-state index contributed by atoms with van der Waals surface area (Å²) in [4.78, 5) is 19.4. The molecule has 3 aromatic rings. The van der Waals surface area contributed by atoms with Crippen molar-refractivity contribution in [1.29, 1.82) is 0 Å². The van der Waals surface area contributed by atoms with Gasteiger partial charge in [-0.25, -0.2) is 12.8 Å². The van der Waals surface area contributed by atoms with Crippen molar-refractivity contribution in [2.75, 3.05) is 16.3 Å². The van der Waals surface area contributed by atoms with Gasteiger partial charge in [0.25, 0.3) is 5.91 Å². The molecule has 11 heteroatoms. The molecule has 1 amide bonds. The molecule has 7 nitrogen and oxygen atoms in total. The number of aromatic amines is 1. The molecule has 0 aliphatic heterocycles. The van der Waals surface area contributed by atoms with Gasteiger partial charge in [0, 0.05) is 29.0 Å². The first kappa shape index (κ1) is 21.1. The number of hydrogen-bond donors (Lipinski definition) is 3. The third kappa shape index (κ3) is 5.93. The summed E-state index contributed by atoms with van der Waals surface area (Å²) in [6.45, 7) is 0. The number of benzene rings is 1. The van der Waals surface area contributed by atoms with Gasteiger partial charge in [0.1, 0.15) is 5.82 Å². The molecule has 3 N–H and O–H groups in total. The second-order valence-corrected chi connectivity index (χ2v) is 8.82. The van der Waals surface area contributed by atoms with E-state index in [1.165, 1.54) is 30.5 Å². The fraction of sp³-hybridized carbons (Fsp3) is 0.111. The maximum atomic E-state index is 13.1. The van der Waals surface area contributed by atoms with E-state index in [2.05, 4.69) is 20.0 Å². The molecule has 0 saturated heterocycles. The van der Waals surface area contributed by atoms with Crippen molar-refractivity contribution in [3.05, 3.63) is 75.5 Å². The number of halogens is 3. The standard InChI is InChI=1S/C18H15Cl2FN4O3S/c1-29(27,28)25-15-4-11(19)3-14(6-15)24-18(26)10-2-13(22-8-10)7-17-16(20)5-12(21)9-23-17/h2-6,8-9,22,25H,7H2,1H3,(H,24,26). The number of H-pyrrole nitrogens is 1. The average Bonchev–Trinajstić information content (AvgIpc) is 3.04. The highest BCUT2D eigenvalue weighted by atomic mass is 35.5. The number of carbonyl (C=O) groups is 1. The van der Waals surface area contributed by atoms with Crippen LogP contribution in [-0.4, -0.2) is 30.5 Å². The number of hydrogen-bond acceptors (Lipinski definition) is 4. The lowest BCUT2D eigenvalue weighted by Crippen LogP contribution is -2.13. The van der Waals surface area contributed by atoms with E-state index in [0.717, 1.165) is 12.5 Å². The Balaban J connectivity index is 1.73. The number of amides is 1. The highest BCUT2D eigenvalue weighted by molar-refractivity contribution is 7.92. The molecular formula is C18H15Cl2FN4O3S. The summed E-state index contributed by atoms with van der Waals surface area (Å²) < 4.78 is 38.2. The summed E-state index contributed by atoms with van der Waals surface area (Å²) in [6, 6.07) is 7.13. The Labute approximate surface area is 176 Å². The summed E-state index contributed by atoms with van der Waals surface area (Å²) in [7, 11) is -3.49. The maximum absolute atomic E-state index is 13.1. The third-order valence-corrected chi connectivity index (χ3v) is 4.86. The van der Waals surface area contributed by atoms with Crippen LogP contribution in [0.5, 0.6) is 0 Å². The van der Waals surface area contributed by atoms with Crippen molar-refractivity contribution < 1.29 is 17.6 Å². The predicted molar refractivity (Wildman–Crippen MR) is 111 cm³/mol. The number of sulfonamides is 1. The zero-order valence-corrected chi connectivity index (χ0v) is 17.3. The molecule has 0 radical (unpaired) electrons. The molecule has 0 bridgehead atoms. The Morgan fingerprint density at radius 1 is 1.17 bits per heavy atom. The predicted octanol–water partition coefficient (Wildman–Crippen LogP) is 4.07. The number of anilines is 2. The van der Waals surface area contributed by atoms with Crippen LogP contribution in [0.4, 0.5) is 15.8 Å². The fourth-order valence-corrected chi connectivity index (χ4v) is 3.57. The van der Waals surface area contributed by atoms with Gasteiger partial charge < -0.3 is 10.3 Å². The molecular weight excluding hydrogens is 442 g/mol. The van der Waals surface area contributed by atoms with E-state index in [-0.39, 0.29) is 22.2 Å². The lowest BCUT2D eigenvalue weighted by atomic mass is 10.2. The minimum Gasteiger partial charge on any atom is -0.364 e. The van der Waals surface area contributed by atoms with Gasteiger partial charge in [-0.05, 0) is 30.3 Å². The molecule has 0 atom stereocenters. The molecule has 2 aromatic heterocycles. The zero-order valence-electron chi connectivity index (χ0n) is 15.0. The Hall–Kier alpha value is -2.62. The second kappa shape index (κ2) is 8.40. The monoisotopic (exact) mass is 456 g/mol. The Kier molecular flexibility index (Phi) is 6.11. The number of carbonyl (C=O) groups excluding carboxylic acids is 1. The van der Waals surface area contributed by atoms with Gasteiger partial charge in [0.2, 0.25) is 10.0 Å². The van der Waals surface area contributed by atoms with Crippen molar-refractivity contribution in [2.24, 2.45) is 0 Å². The van der Waals surface area contributed by atoms with Crippen LogP contribution in [0.25, 0.3) is 0 Å². The van der Waals surface area contributed by atoms with Crippen molar-refractivity contribution in [3.63, 3.8) is 0 Å². The Bertz CT molecular complexity index is 1180. The fourth-order valence-electron chi connectivity index (χ4n) is 2.57. The lowest BCUT2D eigenvalue weighted by molar-refractivity contribution is 0.102. The third-order valence-electron chi connectivity index (χ3n) is 3.71. The van der Waals surface area contributed by atoms with Gasteiger partial charge in [0.15, 0.2) is 0 Å². The van der Waals surface area contributed by atoms with Crippen LogP contribution in [0, 0.1) is 5.82 Å². The highest BCUT2D eigenvalue weighted by Gasteiger charge is 2.13. The minimum absolute atomic E-state index is 0.190. The summed E-state index contributed by atoms with van der Waals surface area (Å²) >= 11 is 12.0. The van der Waals surface area contributed by atoms with Crippen molar-refractivity contribution in [3.8, 4) is 0 Å². The van der Waals surface area contributed by atoms with Gasteiger partial charge in [-0.1, -0.05) is 23.2 Å². The molecule has 0 aliphatic carbocycles. The number of nitrogens with zero attached hydrogens (tertiary/aromatic N) is 1. The molecule has 0 aliphatic rings. The second-order valence-electron chi connectivity index (χ2n) is 6.23. The van der Waals surface area contributed by atoms with Crippen LogP contribution >= 0.6 is 23.2 Å². The summed E-state index contributed by atoms with van der Waals surface area (Å²) in [5, 5.41) is 3.09. The first-order chi connectivity index (χ1) is 13.6. The van der Waals surface area contributed by atoms with E-state index < -0.39 is 21.7 Å². The SMILES string of the molecule is CS(=O)(=O)Nc1cc(Cl)cc(NC(=O)c2c[nH]c(Cc3ncc(F)cc3Cl)c2)c1. The highest BCUT2D eigenvalue weighted by Crippen LogP contribution is 2.24. The van der Waals surface area contributed by atoms with Crippen LogP contribution in [0.15, 0.2) is 42.7 Å². The van der Waals surface area contributed by atoms with Crippen molar-refractivity contribution >= 4 is 50.5 Å². The smallest absolute Gasteiger partial charge is 0.257 e. The van der Waals surface area contributed by atoms with E-state index in [0.29, 0.717) is 22.6 Å². The number of pyridine rings is 1. The van der Waals surface area contributed by atoms with Gasteiger partial charge in [-0.15, -0.1) is 0 Å². The van der Waals surface area contributed by atoms with E-state index in [9.17, 15) is 17.6 Å². The van der Waals surface area contributed by atoms with Gasteiger partial charge in [0.05, 0.1) is 34.4 Å². The van der Waals surface area contributed by atoms with Crippen LogP contribution in [0.3, 0.4) is 0 Å². The van der Waals surface area contributed by atoms with Crippen LogP contribution in [0.1, 0.15) is 21.7 Å². The van der Waals surface area contributed by atoms with E-state index in [4.69, 9.17) is 23.2 Å². The van der Waals surface area contributed by atoms with Crippen LogP contribution < -0.4 is 10.0 Å². The summed E-state index contributed by atoms with van der Waals surface area (Å²) in [5.41, 5.74) is 1.99. The summed E-state index contributed by atoms with van der Waals surface area (Å²) in [6.07, 6.45) is 3.86. The molecule has 0 spiro atoms. The van der Waals surface area contributed by atoms with E-state index in [1.807, 2.05) is 0 Å². The summed E-state index contributed by atoms with van der Waals surface area (Å²) in [5.74, 6) is -0.963. The largest absolute Gasteiger partial charge is 0.364 e. The zero-order chi connectivity index (χ0) is 21.2. The number of aromatic nitrogens is 2. The number of rotatable bonds is 6. The van der Waals surface area contributed by atoms with Crippen molar-refractivity contribution in [2.45, 2.75) is 6.42 Å². The van der Waals surface area contributed by atoms with Crippen LogP contribution in [0.2, 0.25) is 10.0 Å². The van der Waals surface area contributed by atoms with Crippen molar-refractivity contribution in [1.82, 2.24) is 9.97 Å². The average molecular weight is 457 g/mol. The molecule has 0 fully saturated rings.